The zero-order chi connectivity index (χ0) is 13.4. The first-order valence-corrected chi connectivity index (χ1v) is 6.39. The van der Waals surface area contributed by atoms with E-state index in [-0.39, 0.29) is 18.7 Å². The molecular formula is C14H22N2O2. The maximum absolute atomic E-state index is 11.6. The number of nitrogens with one attached hydrogen (secondary N) is 2. The van der Waals surface area contributed by atoms with Crippen LogP contribution in [0.25, 0.3) is 0 Å². The molecule has 1 aromatic rings. The Morgan fingerprint density at radius 2 is 2.00 bits per heavy atom. The van der Waals surface area contributed by atoms with Crippen molar-refractivity contribution in [3.63, 3.8) is 0 Å². The molecule has 0 aliphatic carbocycles. The molecule has 1 atom stereocenters. The van der Waals surface area contributed by atoms with Crippen LogP contribution in [0.4, 0.5) is 4.79 Å². The van der Waals surface area contributed by atoms with Gasteiger partial charge in [-0.05, 0) is 25.3 Å². The van der Waals surface area contributed by atoms with Crippen molar-refractivity contribution in [3.05, 3.63) is 35.4 Å². The summed E-state index contributed by atoms with van der Waals surface area (Å²) in [5, 5.41) is 14.3. The molecule has 4 nitrogen and oxygen atoms in total. The average molecular weight is 250 g/mol. The Labute approximate surface area is 108 Å². The van der Waals surface area contributed by atoms with Gasteiger partial charge in [-0.25, -0.2) is 4.79 Å². The molecule has 100 valence electrons. The molecule has 1 unspecified atom stereocenters. The fourth-order valence-corrected chi connectivity index (χ4v) is 1.71. The third-order valence-electron chi connectivity index (χ3n) is 2.81. The minimum Gasteiger partial charge on any atom is -0.396 e. The van der Waals surface area contributed by atoms with Crippen LogP contribution in [0.3, 0.4) is 0 Å². The quantitative estimate of drug-likeness (QED) is 0.677. The van der Waals surface area contributed by atoms with E-state index in [1.165, 1.54) is 5.56 Å². The van der Waals surface area contributed by atoms with Crippen molar-refractivity contribution in [2.24, 2.45) is 0 Å². The highest BCUT2D eigenvalue weighted by Crippen LogP contribution is 2.16. The predicted octanol–water partition coefficient (Wildman–Crippen LogP) is 2.13. The Morgan fingerprint density at radius 3 is 2.56 bits per heavy atom. The number of carbonyl (C=O) groups excluding carboxylic acids is 1. The van der Waals surface area contributed by atoms with Crippen LogP contribution in [0.15, 0.2) is 24.3 Å². The Kier molecular flexibility index (Phi) is 6.22. The van der Waals surface area contributed by atoms with Gasteiger partial charge in [0.15, 0.2) is 0 Å². The van der Waals surface area contributed by atoms with E-state index in [0.29, 0.717) is 13.0 Å². The van der Waals surface area contributed by atoms with E-state index < -0.39 is 0 Å². The predicted molar refractivity (Wildman–Crippen MR) is 72.4 cm³/mol. The second-order valence-corrected chi connectivity index (χ2v) is 4.35. The number of aryl methyl sites for hydroxylation is 1. The minimum atomic E-state index is -0.184. The molecule has 0 heterocycles. The molecule has 0 spiro atoms. The molecule has 0 aromatic heterocycles. The molecule has 0 saturated carbocycles. The second-order valence-electron chi connectivity index (χ2n) is 4.35. The summed E-state index contributed by atoms with van der Waals surface area (Å²) in [4.78, 5) is 11.6. The van der Waals surface area contributed by atoms with E-state index >= 15 is 0 Å². The molecule has 0 saturated heterocycles. The molecule has 0 bridgehead atoms. The van der Waals surface area contributed by atoms with Crippen LogP contribution >= 0.6 is 0 Å². The summed E-state index contributed by atoms with van der Waals surface area (Å²) in [5.74, 6) is 0. The normalized spacial score (nSPS) is 11.9. The standard InChI is InChI=1S/C14H22N2O2/c1-3-13(12-7-5-11(2)6-8-12)16-14(18)15-9-4-10-17/h5-8,13,17H,3-4,9-10H2,1-2H3,(H2,15,16,18). The van der Waals surface area contributed by atoms with Crippen LogP contribution in [-0.2, 0) is 0 Å². The Bertz CT molecular complexity index is 363. The lowest BCUT2D eigenvalue weighted by atomic mass is 10.0. The third-order valence-corrected chi connectivity index (χ3v) is 2.81. The molecule has 0 aliphatic heterocycles. The van der Waals surface area contributed by atoms with Crippen molar-refractivity contribution >= 4 is 6.03 Å². The van der Waals surface area contributed by atoms with Gasteiger partial charge in [0.1, 0.15) is 0 Å². The monoisotopic (exact) mass is 250 g/mol. The Morgan fingerprint density at radius 1 is 1.33 bits per heavy atom. The van der Waals surface area contributed by atoms with Crippen LogP contribution in [0.2, 0.25) is 0 Å². The lowest BCUT2D eigenvalue weighted by Gasteiger charge is -2.18. The summed E-state index contributed by atoms with van der Waals surface area (Å²) in [6.45, 7) is 4.67. The number of hydrogen-bond donors (Lipinski definition) is 3. The van der Waals surface area contributed by atoms with Crippen molar-refractivity contribution in [1.82, 2.24) is 10.6 Å². The summed E-state index contributed by atoms with van der Waals surface area (Å²) in [7, 11) is 0. The summed E-state index contributed by atoms with van der Waals surface area (Å²) in [5.41, 5.74) is 2.32. The number of aliphatic hydroxyl groups is 1. The van der Waals surface area contributed by atoms with Gasteiger partial charge in [0.05, 0.1) is 6.04 Å². The highest BCUT2D eigenvalue weighted by molar-refractivity contribution is 5.74. The molecule has 3 N–H and O–H groups in total. The smallest absolute Gasteiger partial charge is 0.315 e. The maximum Gasteiger partial charge on any atom is 0.315 e. The van der Waals surface area contributed by atoms with E-state index in [0.717, 1.165) is 12.0 Å². The highest BCUT2D eigenvalue weighted by atomic mass is 16.3. The molecule has 1 aromatic carbocycles. The van der Waals surface area contributed by atoms with E-state index in [1.807, 2.05) is 38.1 Å². The molecule has 2 amide bonds. The molecule has 0 radical (unpaired) electrons. The number of carbonyl (C=O) groups is 1. The Hall–Kier alpha value is -1.55. The van der Waals surface area contributed by atoms with Crippen molar-refractivity contribution < 1.29 is 9.90 Å². The minimum absolute atomic E-state index is 0.0275. The maximum atomic E-state index is 11.6. The number of benzene rings is 1. The van der Waals surface area contributed by atoms with Gasteiger partial charge in [-0.1, -0.05) is 36.8 Å². The molecule has 18 heavy (non-hydrogen) atoms. The molecule has 0 aliphatic rings. The lowest BCUT2D eigenvalue weighted by Crippen LogP contribution is -2.38. The van der Waals surface area contributed by atoms with Crippen molar-refractivity contribution in [3.8, 4) is 0 Å². The van der Waals surface area contributed by atoms with Crippen molar-refractivity contribution in [2.75, 3.05) is 13.2 Å². The number of rotatable bonds is 6. The van der Waals surface area contributed by atoms with Gasteiger partial charge in [0.2, 0.25) is 0 Å². The van der Waals surface area contributed by atoms with Crippen molar-refractivity contribution in [2.45, 2.75) is 32.7 Å². The molecular weight excluding hydrogens is 228 g/mol. The van der Waals surface area contributed by atoms with Crippen LogP contribution in [0, 0.1) is 6.92 Å². The zero-order valence-electron chi connectivity index (χ0n) is 11.1. The van der Waals surface area contributed by atoms with Crippen LogP contribution in [0.5, 0.6) is 0 Å². The van der Waals surface area contributed by atoms with Gasteiger partial charge < -0.3 is 15.7 Å². The first-order chi connectivity index (χ1) is 8.67. The SMILES string of the molecule is CCC(NC(=O)NCCCO)c1ccc(C)cc1. The number of urea groups is 1. The lowest BCUT2D eigenvalue weighted by molar-refractivity contribution is 0.234. The van der Waals surface area contributed by atoms with Gasteiger partial charge in [-0.15, -0.1) is 0 Å². The number of amides is 2. The molecule has 0 fully saturated rings. The van der Waals surface area contributed by atoms with Gasteiger partial charge in [-0.2, -0.15) is 0 Å². The van der Waals surface area contributed by atoms with Crippen LogP contribution < -0.4 is 10.6 Å². The van der Waals surface area contributed by atoms with Gasteiger partial charge in [0.25, 0.3) is 0 Å². The molecule has 4 heteroatoms. The highest BCUT2D eigenvalue weighted by Gasteiger charge is 2.11. The van der Waals surface area contributed by atoms with E-state index in [4.69, 9.17) is 5.11 Å². The van der Waals surface area contributed by atoms with Gasteiger partial charge in [0, 0.05) is 13.2 Å². The fourth-order valence-electron chi connectivity index (χ4n) is 1.71. The third kappa shape index (κ3) is 4.75. The zero-order valence-corrected chi connectivity index (χ0v) is 11.1. The summed E-state index contributed by atoms with van der Waals surface area (Å²) in [6.07, 6.45) is 1.42. The topological polar surface area (TPSA) is 61.4 Å². The van der Waals surface area contributed by atoms with E-state index in [9.17, 15) is 4.79 Å². The first-order valence-electron chi connectivity index (χ1n) is 6.39. The van der Waals surface area contributed by atoms with Gasteiger partial charge in [-0.3, -0.25) is 0 Å². The van der Waals surface area contributed by atoms with Crippen molar-refractivity contribution in [1.29, 1.82) is 0 Å². The average Bonchev–Trinajstić information content (AvgIpc) is 2.37. The van der Waals surface area contributed by atoms with E-state index in [1.54, 1.807) is 0 Å². The second kappa shape index (κ2) is 7.71. The summed E-state index contributed by atoms with van der Waals surface area (Å²) < 4.78 is 0. The van der Waals surface area contributed by atoms with E-state index in [2.05, 4.69) is 10.6 Å². The fraction of sp³-hybridized carbons (Fsp3) is 0.500. The van der Waals surface area contributed by atoms with Crippen LogP contribution in [-0.4, -0.2) is 24.3 Å². The summed E-state index contributed by atoms with van der Waals surface area (Å²) in [6, 6.07) is 8.01. The Balaban J connectivity index is 2.51. The number of aliphatic hydroxyl groups excluding tert-OH is 1. The first kappa shape index (κ1) is 14.5. The van der Waals surface area contributed by atoms with Gasteiger partial charge >= 0.3 is 6.03 Å². The van der Waals surface area contributed by atoms with Crippen LogP contribution in [0.1, 0.15) is 36.9 Å². The summed E-state index contributed by atoms with van der Waals surface area (Å²) >= 11 is 0. The molecule has 1 rings (SSSR count). The number of hydrogen-bond acceptors (Lipinski definition) is 2. The largest absolute Gasteiger partial charge is 0.396 e.